The number of nitrogens with one attached hydrogen (secondary N) is 1. The second-order valence-corrected chi connectivity index (χ2v) is 4.07. The Labute approximate surface area is 103 Å². The molecule has 0 spiro atoms. The zero-order valence-corrected chi connectivity index (χ0v) is 10.5. The summed E-state index contributed by atoms with van der Waals surface area (Å²) >= 11 is 0. The smallest absolute Gasteiger partial charge is 0.216 e. The molecule has 0 radical (unpaired) electrons. The molecule has 0 atom stereocenters. The summed E-state index contributed by atoms with van der Waals surface area (Å²) in [4.78, 5) is 10.6. The fourth-order valence-corrected chi connectivity index (χ4v) is 1.44. The van der Waals surface area contributed by atoms with Crippen molar-refractivity contribution in [3.8, 4) is 11.8 Å². The van der Waals surface area contributed by atoms with Gasteiger partial charge in [0.1, 0.15) is 0 Å². The van der Waals surface area contributed by atoms with Gasteiger partial charge in [-0.1, -0.05) is 29.8 Å². The van der Waals surface area contributed by atoms with Crippen LogP contribution in [0.4, 0.5) is 0 Å². The average molecular weight is 229 g/mol. The first-order valence-electron chi connectivity index (χ1n) is 5.94. The van der Waals surface area contributed by atoms with E-state index in [0.29, 0.717) is 6.54 Å². The monoisotopic (exact) mass is 229 g/mol. The summed E-state index contributed by atoms with van der Waals surface area (Å²) in [6.07, 6.45) is 2.60. The Balaban J connectivity index is 2.17. The summed E-state index contributed by atoms with van der Waals surface area (Å²) < 4.78 is 0. The van der Waals surface area contributed by atoms with E-state index in [1.54, 1.807) is 0 Å². The van der Waals surface area contributed by atoms with Crippen LogP contribution in [0.2, 0.25) is 0 Å². The lowest BCUT2D eigenvalue weighted by Gasteiger charge is -1.97. The van der Waals surface area contributed by atoms with Gasteiger partial charge in [0.2, 0.25) is 5.91 Å². The predicted molar refractivity (Wildman–Crippen MR) is 70.6 cm³/mol. The van der Waals surface area contributed by atoms with Crippen LogP contribution in [0, 0.1) is 18.8 Å². The second kappa shape index (κ2) is 7.51. The van der Waals surface area contributed by atoms with Gasteiger partial charge in [0.15, 0.2) is 0 Å². The van der Waals surface area contributed by atoms with Crippen LogP contribution in [-0.2, 0) is 11.2 Å². The molecule has 1 rings (SSSR count). The number of amides is 1. The van der Waals surface area contributed by atoms with E-state index in [4.69, 9.17) is 0 Å². The van der Waals surface area contributed by atoms with E-state index in [0.717, 1.165) is 19.3 Å². The Bertz CT molecular complexity index is 409. The molecule has 0 saturated heterocycles. The minimum Gasteiger partial charge on any atom is -0.355 e. The van der Waals surface area contributed by atoms with E-state index < -0.39 is 0 Å². The van der Waals surface area contributed by atoms with Gasteiger partial charge in [-0.05, 0) is 18.9 Å². The topological polar surface area (TPSA) is 29.1 Å². The summed E-state index contributed by atoms with van der Waals surface area (Å²) in [5.74, 6) is 6.18. The van der Waals surface area contributed by atoms with Gasteiger partial charge in [0.05, 0.1) is 0 Å². The normalized spacial score (nSPS) is 9.29. The highest BCUT2D eigenvalue weighted by Gasteiger charge is 1.90. The van der Waals surface area contributed by atoms with Crippen LogP contribution in [0.25, 0.3) is 0 Å². The molecule has 17 heavy (non-hydrogen) atoms. The predicted octanol–water partition coefficient (Wildman–Crippen LogP) is 2.46. The summed E-state index contributed by atoms with van der Waals surface area (Å²) in [5.41, 5.74) is 2.61. The van der Waals surface area contributed by atoms with Crippen molar-refractivity contribution in [1.29, 1.82) is 0 Å². The molecule has 0 fully saturated rings. The van der Waals surface area contributed by atoms with E-state index in [-0.39, 0.29) is 5.91 Å². The van der Waals surface area contributed by atoms with Crippen molar-refractivity contribution < 1.29 is 4.79 Å². The van der Waals surface area contributed by atoms with Gasteiger partial charge in [-0.15, -0.1) is 11.8 Å². The molecule has 1 aromatic rings. The first kappa shape index (κ1) is 13.3. The largest absolute Gasteiger partial charge is 0.355 e. The van der Waals surface area contributed by atoms with Gasteiger partial charge in [0.25, 0.3) is 0 Å². The third-order valence-corrected chi connectivity index (χ3v) is 2.41. The summed E-state index contributed by atoms with van der Waals surface area (Å²) in [6.45, 7) is 4.25. The van der Waals surface area contributed by atoms with Crippen molar-refractivity contribution >= 4 is 5.91 Å². The number of carbonyl (C=O) groups excluding carboxylic acids is 1. The second-order valence-electron chi connectivity index (χ2n) is 4.07. The number of hydrogen-bond donors (Lipinski definition) is 1. The molecule has 2 nitrogen and oxygen atoms in total. The number of hydrogen-bond acceptors (Lipinski definition) is 1. The van der Waals surface area contributed by atoms with Crippen molar-refractivity contribution in [2.45, 2.75) is 33.1 Å². The van der Waals surface area contributed by atoms with Gasteiger partial charge in [-0.25, -0.2) is 0 Å². The number of aryl methyl sites for hydroxylation is 2. The van der Waals surface area contributed by atoms with Crippen LogP contribution in [0.5, 0.6) is 0 Å². The van der Waals surface area contributed by atoms with Crippen LogP contribution in [0.15, 0.2) is 24.3 Å². The van der Waals surface area contributed by atoms with Gasteiger partial charge in [-0.2, -0.15) is 0 Å². The Morgan fingerprint density at radius 1 is 1.18 bits per heavy atom. The molecule has 1 aromatic carbocycles. The zero-order chi connectivity index (χ0) is 12.5. The molecule has 0 aliphatic carbocycles. The maximum atomic E-state index is 10.6. The molecule has 0 saturated carbocycles. The molecule has 0 heterocycles. The Morgan fingerprint density at radius 2 is 1.82 bits per heavy atom. The summed E-state index contributed by atoms with van der Waals surface area (Å²) in [7, 11) is 0. The van der Waals surface area contributed by atoms with E-state index in [2.05, 4.69) is 48.3 Å². The van der Waals surface area contributed by atoms with E-state index in [1.807, 2.05) is 0 Å². The lowest BCUT2D eigenvalue weighted by Crippen LogP contribution is -2.20. The van der Waals surface area contributed by atoms with E-state index in [9.17, 15) is 4.79 Å². The van der Waals surface area contributed by atoms with Crippen molar-refractivity contribution in [2.24, 2.45) is 0 Å². The van der Waals surface area contributed by atoms with Gasteiger partial charge in [0, 0.05) is 26.3 Å². The van der Waals surface area contributed by atoms with Crippen molar-refractivity contribution in [3.63, 3.8) is 0 Å². The van der Waals surface area contributed by atoms with Crippen molar-refractivity contribution in [3.05, 3.63) is 35.4 Å². The Hall–Kier alpha value is -1.75. The molecule has 0 aliphatic rings. The first-order chi connectivity index (χ1) is 8.18. The maximum Gasteiger partial charge on any atom is 0.216 e. The Morgan fingerprint density at radius 3 is 2.47 bits per heavy atom. The van der Waals surface area contributed by atoms with Gasteiger partial charge < -0.3 is 5.32 Å². The minimum absolute atomic E-state index is 0.00598. The third-order valence-electron chi connectivity index (χ3n) is 2.41. The van der Waals surface area contributed by atoms with Gasteiger partial charge in [-0.3, -0.25) is 4.79 Å². The quantitative estimate of drug-likeness (QED) is 0.623. The van der Waals surface area contributed by atoms with Crippen LogP contribution in [-0.4, -0.2) is 12.5 Å². The van der Waals surface area contributed by atoms with Crippen LogP contribution < -0.4 is 5.32 Å². The first-order valence-corrected chi connectivity index (χ1v) is 5.94. The fraction of sp³-hybridized carbons (Fsp3) is 0.400. The highest BCUT2D eigenvalue weighted by atomic mass is 16.1. The third kappa shape index (κ3) is 6.42. The molecule has 1 N–H and O–H groups in total. The molecule has 0 bridgehead atoms. The van der Waals surface area contributed by atoms with Crippen LogP contribution >= 0.6 is 0 Å². The highest BCUT2D eigenvalue weighted by Crippen LogP contribution is 2.04. The number of benzene rings is 1. The molecule has 0 unspecified atom stereocenters. The minimum atomic E-state index is 0.00598. The highest BCUT2D eigenvalue weighted by molar-refractivity contribution is 5.72. The van der Waals surface area contributed by atoms with E-state index in [1.165, 1.54) is 18.1 Å². The molecular formula is C15H19NO. The summed E-state index contributed by atoms with van der Waals surface area (Å²) in [6, 6.07) is 8.54. The van der Waals surface area contributed by atoms with Crippen LogP contribution in [0.3, 0.4) is 0 Å². The standard InChI is InChI=1S/C15H19NO/c1-13-8-10-15(11-9-13)7-5-3-4-6-12-16-14(2)17/h8-11H,5-7,12H2,1-2H3,(H,16,17). The molecule has 1 amide bonds. The van der Waals surface area contributed by atoms with Crippen molar-refractivity contribution in [1.82, 2.24) is 5.32 Å². The SMILES string of the molecule is CC(=O)NCCC#CCCc1ccc(C)cc1. The lowest BCUT2D eigenvalue weighted by molar-refractivity contribution is -0.118. The molecule has 0 aliphatic heterocycles. The average Bonchev–Trinajstić information content (AvgIpc) is 2.30. The molecule has 90 valence electrons. The molecule has 2 heteroatoms. The zero-order valence-electron chi connectivity index (χ0n) is 10.5. The van der Waals surface area contributed by atoms with E-state index >= 15 is 0 Å². The van der Waals surface area contributed by atoms with Crippen LogP contribution in [0.1, 0.15) is 30.9 Å². The lowest BCUT2D eigenvalue weighted by atomic mass is 10.1. The van der Waals surface area contributed by atoms with Crippen molar-refractivity contribution in [2.75, 3.05) is 6.54 Å². The van der Waals surface area contributed by atoms with Gasteiger partial charge >= 0.3 is 0 Å². The number of rotatable bonds is 4. The molecule has 0 aromatic heterocycles. The fourth-order valence-electron chi connectivity index (χ4n) is 1.44. The summed E-state index contributed by atoms with van der Waals surface area (Å²) in [5, 5.41) is 2.72. The molecular weight excluding hydrogens is 210 g/mol. The maximum absolute atomic E-state index is 10.6. The number of carbonyl (C=O) groups is 1. The Kier molecular flexibility index (Phi) is 5.88.